The zero-order valence-corrected chi connectivity index (χ0v) is 16.3. The minimum Gasteiger partial charge on any atom is -0.490 e. The molecule has 7 heteroatoms. The minimum absolute atomic E-state index is 0.0955. The zero-order valence-electron chi connectivity index (χ0n) is 16.3. The van der Waals surface area contributed by atoms with E-state index in [4.69, 9.17) is 19.5 Å². The monoisotopic (exact) mass is 403 g/mol. The molecule has 3 N–H and O–H groups in total. The molecule has 2 aromatic heterocycles. The van der Waals surface area contributed by atoms with Crippen LogP contribution >= 0.6 is 0 Å². The van der Waals surface area contributed by atoms with Crippen LogP contribution in [0.4, 0.5) is 0 Å². The highest BCUT2D eigenvalue weighted by atomic mass is 16.5. The van der Waals surface area contributed by atoms with E-state index in [2.05, 4.69) is 16.4 Å². The van der Waals surface area contributed by atoms with Gasteiger partial charge in [0.2, 0.25) is 5.76 Å². The molecule has 7 nitrogen and oxygen atoms in total. The standard InChI is InChI=1S/C23H21N3O4/c24-13-15-5-6-19-18(11-15)17(14-26-19)7-9-25-8-2-10-29-20-4-1-3-16-12-21(23(27)28)30-22(16)20/h1,3-6,11-12,14,25-26H,2,7-10H2,(H,27,28). The Labute approximate surface area is 172 Å². The first kappa shape index (κ1) is 19.6. The van der Waals surface area contributed by atoms with Crippen molar-refractivity contribution in [2.24, 2.45) is 0 Å². The number of nitrogens with zero attached hydrogens (tertiary/aromatic N) is 1. The van der Waals surface area contributed by atoms with Crippen molar-refractivity contribution >= 4 is 27.8 Å². The Bertz CT molecular complexity index is 1230. The highest BCUT2D eigenvalue weighted by Gasteiger charge is 2.13. The van der Waals surface area contributed by atoms with Crippen molar-refractivity contribution in [2.45, 2.75) is 12.8 Å². The van der Waals surface area contributed by atoms with Crippen LogP contribution < -0.4 is 10.1 Å². The number of nitrogens with one attached hydrogen (secondary N) is 2. The average Bonchev–Trinajstić information content (AvgIpc) is 3.37. The number of H-pyrrole nitrogens is 1. The molecule has 2 aromatic carbocycles. The Kier molecular flexibility index (Phi) is 5.68. The molecule has 0 atom stereocenters. The Balaban J connectivity index is 1.23. The summed E-state index contributed by atoms with van der Waals surface area (Å²) in [6.45, 7) is 2.10. The molecular formula is C23H21N3O4. The van der Waals surface area contributed by atoms with Gasteiger partial charge < -0.3 is 24.6 Å². The summed E-state index contributed by atoms with van der Waals surface area (Å²) in [7, 11) is 0. The van der Waals surface area contributed by atoms with Gasteiger partial charge >= 0.3 is 5.97 Å². The number of para-hydroxylation sites is 1. The van der Waals surface area contributed by atoms with Gasteiger partial charge in [0.25, 0.3) is 0 Å². The van der Waals surface area contributed by atoms with Gasteiger partial charge in [0, 0.05) is 22.5 Å². The maximum absolute atomic E-state index is 11.1. The molecular weight excluding hydrogens is 382 g/mol. The van der Waals surface area contributed by atoms with E-state index < -0.39 is 5.97 Å². The topological polar surface area (TPSA) is 111 Å². The zero-order chi connectivity index (χ0) is 20.9. The number of hydrogen-bond donors (Lipinski definition) is 3. The summed E-state index contributed by atoms with van der Waals surface area (Å²) in [5, 5.41) is 23.3. The van der Waals surface area contributed by atoms with Crippen LogP contribution in [0.2, 0.25) is 0 Å². The Hall–Kier alpha value is -3.76. The normalized spacial score (nSPS) is 11.0. The maximum Gasteiger partial charge on any atom is 0.371 e. The molecule has 2 heterocycles. The van der Waals surface area contributed by atoms with Crippen molar-refractivity contribution in [1.82, 2.24) is 10.3 Å². The molecule has 0 aliphatic carbocycles. The summed E-state index contributed by atoms with van der Waals surface area (Å²) in [6.07, 6.45) is 3.65. The fourth-order valence-corrected chi connectivity index (χ4v) is 3.44. The van der Waals surface area contributed by atoms with Crippen molar-refractivity contribution in [1.29, 1.82) is 5.26 Å². The molecule has 0 radical (unpaired) electrons. The third kappa shape index (κ3) is 4.14. The first-order valence-corrected chi connectivity index (χ1v) is 9.75. The molecule has 0 fully saturated rings. The number of carboxylic acid groups (broad SMARTS) is 1. The highest BCUT2D eigenvalue weighted by molar-refractivity contribution is 5.93. The fourth-order valence-electron chi connectivity index (χ4n) is 3.44. The molecule has 0 bridgehead atoms. The van der Waals surface area contributed by atoms with Crippen molar-refractivity contribution in [3.63, 3.8) is 0 Å². The number of aromatic nitrogens is 1. The number of ether oxygens (including phenoxy) is 1. The lowest BCUT2D eigenvalue weighted by molar-refractivity contribution is 0.0665. The quantitative estimate of drug-likeness (QED) is 0.363. The molecule has 0 spiro atoms. The fraction of sp³-hybridized carbons (Fsp3) is 0.217. The molecule has 4 rings (SSSR count). The van der Waals surface area contributed by atoms with Gasteiger partial charge in [-0.2, -0.15) is 5.26 Å². The Morgan fingerprint density at radius 3 is 2.97 bits per heavy atom. The first-order valence-electron chi connectivity index (χ1n) is 9.75. The van der Waals surface area contributed by atoms with Crippen LogP contribution in [0.3, 0.4) is 0 Å². The van der Waals surface area contributed by atoms with Gasteiger partial charge in [-0.15, -0.1) is 0 Å². The lowest BCUT2D eigenvalue weighted by Crippen LogP contribution is -2.20. The van der Waals surface area contributed by atoms with E-state index in [9.17, 15) is 4.79 Å². The molecule has 0 aliphatic rings. The van der Waals surface area contributed by atoms with Crippen LogP contribution in [0.1, 0.15) is 28.1 Å². The van der Waals surface area contributed by atoms with Crippen LogP contribution in [0.15, 0.2) is 53.1 Å². The third-order valence-corrected chi connectivity index (χ3v) is 4.94. The predicted molar refractivity (Wildman–Crippen MR) is 113 cm³/mol. The van der Waals surface area contributed by atoms with Gasteiger partial charge in [0.15, 0.2) is 11.3 Å². The van der Waals surface area contributed by atoms with Crippen LogP contribution in [0.25, 0.3) is 21.9 Å². The third-order valence-electron chi connectivity index (χ3n) is 4.94. The van der Waals surface area contributed by atoms with Crippen molar-refractivity contribution < 1.29 is 19.1 Å². The van der Waals surface area contributed by atoms with E-state index in [1.54, 1.807) is 12.1 Å². The number of carbonyl (C=O) groups is 1. The van der Waals surface area contributed by atoms with Crippen molar-refractivity contribution in [3.8, 4) is 11.8 Å². The van der Waals surface area contributed by atoms with E-state index in [-0.39, 0.29) is 5.76 Å². The van der Waals surface area contributed by atoms with Crippen molar-refractivity contribution in [3.05, 3.63) is 65.5 Å². The second kappa shape index (κ2) is 8.72. The summed E-state index contributed by atoms with van der Waals surface area (Å²) in [5.41, 5.74) is 3.34. The molecule has 0 amide bonds. The lowest BCUT2D eigenvalue weighted by Gasteiger charge is -2.07. The second-order valence-corrected chi connectivity index (χ2v) is 6.98. The SMILES string of the molecule is N#Cc1ccc2[nH]cc(CCNCCCOc3cccc4cc(C(=O)O)oc34)c2c1. The number of benzene rings is 2. The van der Waals surface area contributed by atoms with Crippen LogP contribution in [0.5, 0.6) is 5.75 Å². The average molecular weight is 403 g/mol. The number of aromatic carboxylic acids is 1. The van der Waals surface area contributed by atoms with E-state index in [1.165, 1.54) is 11.6 Å². The second-order valence-electron chi connectivity index (χ2n) is 6.98. The molecule has 4 aromatic rings. The smallest absolute Gasteiger partial charge is 0.371 e. The number of furan rings is 1. The Morgan fingerprint density at radius 2 is 2.13 bits per heavy atom. The molecule has 0 unspecified atom stereocenters. The largest absolute Gasteiger partial charge is 0.490 e. The van der Waals surface area contributed by atoms with E-state index in [0.29, 0.717) is 28.9 Å². The van der Waals surface area contributed by atoms with Gasteiger partial charge in [-0.05, 0) is 61.8 Å². The molecule has 152 valence electrons. The maximum atomic E-state index is 11.1. The number of nitriles is 1. The number of rotatable bonds is 9. The summed E-state index contributed by atoms with van der Waals surface area (Å²) in [4.78, 5) is 14.3. The van der Waals surface area contributed by atoms with Gasteiger partial charge in [0.1, 0.15) is 0 Å². The van der Waals surface area contributed by atoms with Crippen LogP contribution in [0, 0.1) is 11.3 Å². The van der Waals surface area contributed by atoms with Crippen LogP contribution in [-0.2, 0) is 6.42 Å². The lowest BCUT2D eigenvalue weighted by atomic mass is 10.1. The molecule has 0 aliphatic heterocycles. The minimum atomic E-state index is -1.10. The van der Waals surface area contributed by atoms with Gasteiger partial charge in [-0.1, -0.05) is 12.1 Å². The van der Waals surface area contributed by atoms with Gasteiger partial charge in [0.05, 0.1) is 18.2 Å². The predicted octanol–water partition coefficient (Wildman–Crippen LogP) is 4.09. The number of aromatic amines is 1. The number of fused-ring (bicyclic) bond motifs is 2. The summed E-state index contributed by atoms with van der Waals surface area (Å²) >= 11 is 0. The van der Waals surface area contributed by atoms with E-state index in [1.807, 2.05) is 30.5 Å². The first-order chi connectivity index (χ1) is 14.7. The summed E-state index contributed by atoms with van der Waals surface area (Å²) < 4.78 is 11.2. The van der Waals surface area contributed by atoms with Crippen LogP contribution in [-0.4, -0.2) is 35.8 Å². The summed E-state index contributed by atoms with van der Waals surface area (Å²) in [6, 6.07) is 14.7. The number of hydrogen-bond acceptors (Lipinski definition) is 5. The molecule has 30 heavy (non-hydrogen) atoms. The van der Waals surface area contributed by atoms with E-state index >= 15 is 0 Å². The Morgan fingerprint density at radius 1 is 1.23 bits per heavy atom. The van der Waals surface area contributed by atoms with Gasteiger partial charge in [-0.25, -0.2) is 4.79 Å². The molecule has 0 saturated heterocycles. The van der Waals surface area contributed by atoms with Gasteiger partial charge in [-0.3, -0.25) is 0 Å². The number of carboxylic acids is 1. The highest BCUT2D eigenvalue weighted by Crippen LogP contribution is 2.28. The van der Waals surface area contributed by atoms with Crippen molar-refractivity contribution in [2.75, 3.05) is 19.7 Å². The molecule has 0 saturated carbocycles. The van der Waals surface area contributed by atoms with E-state index in [0.717, 1.165) is 36.8 Å². The summed E-state index contributed by atoms with van der Waals surface area (Å²) in [5.74, 6) is -0.644.